The number of halogens is 1. The Balaban J connectivity index is 1.30. The second kappa shape index (κ2) is 7.70. The predicted molar refractivity (Wildman–Crippen MR) is 104 cm³/mol. The van der Waals surface area contributed by atoms with Crippen LogP contribution in [0.15, 0.2) is 47.4 Å². The van der Waals surface area contributed by atoms with Crippen LogP contribution in [0, 0.1) is 0 Å². The summed E-state index contributed by atoms with van der Waals surface area (Å²) in [5.74, 6) is 0.966. The fraction of sp³-hybridized carbons (Fsp3) is 0.263. The number of hydrogen-bond donors (Lipinski definition) is 2. The Kier molecular flexibility index (Phi) is 5.13. The predicted octanol–water partition coefficient (Wildman–Crippen LogP) is 3.10. The first-order valence-electron chi connectivity index (χ1n) is 8.51. The van der Waals surface area contributed by atoms with E-state index in [9.17, 15) is 9.59 Å². The second-order valence-electron chi connectivity index (χ2n) is 6.24. The van der Waals surface area contributed by atoms with Gasteiger partial charge >= 0.3 is 0 Å². The van der Waals surface area contributed by atoms with Gasteiger partial charge in [0.1, 0.15) is 12.7 Å². The highest BCUT2D eigenvalue weighted by molar-refractivity contribution is 8.01. The summed E-state index contributed by atoms with van der Waals surface area (Å²) in [6, 6.07) is 12.7. The van der Waals surface area contributed by atoms with E-state index in [-0.39, 0.29) is 24.3 Å². The number of carbonyl (C=O) groups excluding carboxylic acids is 2. The molecule has 4 rings (SSSR count). The number of benzene rings is 2. The molecule has 2 aromatic rings. The molecule has 0 fully saturated rings. The van der Waals surface area contributed by atoms with E-state index in [0.29, 0.717) is 35.4 Å². The van der Waals surface area contributed by atoms with E-state index in [1.54, 1.807) is 12.1 Å². The molecule has 2 N–H and O–H groups in total. The number of ether oxygens (including phenoxy) is 2. The lowest BCUT2D eigenvalue weighted by molar-refractivity contribution is -0.124. The number of amides is 2. The molecular weight excluding hydrogens is 388 g/mol. The quantitative estimate of drug-likeness (QED) is 0.818. The Morgan fingerprint density at radius 1 is 1.26 bits per heavy atom. The van der Waals surface area contributed by atoms with Crippen LogP contribution in [0.3, 0.4) is 0 Å². The fourth-order valence-corrected chi connectivity index (χ4v) is 4.15. The second-order valence-corrected chi connectivity index (χ2v) is 7.92. The van der Waals surface area contributed by atoms with Gasteiger partial charge in [0.15, 0.2) is 11.5 Å². The van der Waals surface area contributed by atoms with Crippen molar-refractivity contribution >= 4 is 40.9 Å². The summed E-state index contributed by atoms with van der Waals surface area (Å²) >= 11 is 7.31. The number of anilines is 1. The molecule has 0 saturated heterocycles. The monoisotopic (exact) mass is 404 g/mol. The molecule has 8 heteroatoms. The highest BCUT2D eigenvalue weighted by Crippen LogP contribution is 2.38. The summed E-state index contributed by atoms with van der Waals surface area (Å²) in [7, 11) is 0. The summed E-state index contributed by atoms with van der Waals surface area (Å²) < 4.78 is 11.4. The Morgan fingerprint density at radius 2 is 2.07 bits per heavy atom. The lowest BCUT2D eigenvalue weighted by atomic mass is 10.2. The van der Waals surface area contributed by atoms with Crippen LogP contribution in [-0.2, 0) is 9.59 Å². The van der Waals surface area contributed by atoms with Crippen molar-refractivity contribution in [2.24, 2.45) is 0 Å². The number of nitrogens with one attached hydrogen (secondary N) is 2. The lowest BCUT2D eigenvalue weighted by Crippen LogP contribution is -2.42. The van der Waals surface area contributed by atoms with Crippen molar-refractivity contribution in [2.45, 2.75) is 22.7 Å². The summed E-state index contributed by atoms with van der Waals surface area (Å²) in [5, 5.41) is 5.70. The molecule has 6 nitrogen and oxygen atoms in total. The number of hydrogen-bond acceptors (Lipinski definition) is 5. The molecule has 27 heavy (non-hydrogen) atoms. The summed E-state index contributed by atoms with van der Waals surface area (Å²) in [5.41, 5.74) is 0.681. The molecule has 2 aliphatic heterocycles. The van der Waals surface area contributed by atoms with Gasteiger partial charge < -0.3 is 20.1 Å². The van der Waals surface area contributed by atoms with E-state index in [0.717, 1.165) is 4.90 Å². The molecule has 2 atom stereocenters. The van der Waals surface area contributed by atoms with Crippen LogP contribution in [0.1, 0.15) is 6.42 Å². The first-order valence-corrected chi connectivity index (χ1v) is 9.76. The van der Waals surface area contributed by atoms with Gasteiger partial charge in [-0.3, -0.25) is 9.59 Å². The van der Waals surface area contributed by atoms with Crippen molar-refractivity contribution in [3.05, 3.63) is 47.5 Å². The van der Waals surface area contributed by atoms with Gasteiger partial charge in [0.2, 0.25) is 11.8 Å². The molecule has 0 radical (unpaired) electrons. The smallest absolute Gasteiger partial charge is 0.238 e. The van der Waals surface area contributed by atoms with E-state index < -0.39 is 5.25 Å². The van der Waals surface area contributed by atoms with Gasteiger partial charge in [-0.05, 0) is 30.3 Å². The Labute approximate surface area is 165 Å². The van der Waals surface area contributed by atoms with E-state index in [2.05, 4.69) is 10.6 Å². The van der Waals surface area contributed by atoms with Gasteiger partial charge in [-0.15, -0.1) is 11.8 Å². The Morgan fingerprint density at radius 3 is 2.93 bits per heavy atom. The molecule has 2 amide bonds. The molecular formula is C19H17ClN2O4S. The van der Waals surface area contributed by atoms with Crippen molar-refractivity contribution in [1.29, 1.82) is 0 Å². The number of para-hydroxylation sites is 2. The van der Waals surface area contributed by atoms with E-state index in [1.165, 1.54) is 11.8 Å². The van der Waals surface area contributed by atoms with Crippen molar-refractivity contribution in [3.8, 4) is 11.5 Å². The number of carbonyl (C=O) groups is 2. The van der Waals surface area contributed by atoms with Crippen LogP contribution < -0.4 is 20.1 Å². The Bertz CT molecular complexity index is 892. The summed E-state index contributed by atoms with van der Waals surface area (Å²) in [4.78, 5) is 25.4. The zero-order valence-corrected chi connectivity index (χ0v) is 15.8. The molecule has 0 bridgehead atoms. The minimum atomic E-state index is -0.483. The zero-order chi connectivity index (χ0) is 18.8. The maximum Gasteiger partial charge on any atom is 0.238 e. The fourth-order valence-electron chi connectivity index (χ4n) is 2.89. The minimum Gasteiger partial charge on any atom is -0.486 e. The molecule has 2 aliphatic rings. The number of thioether (sulfide) groups is 1. The van der Waals surface area contributed by atoms with Crippen LogP contribution in [-0.4, -0.2) is 36.3 Å². The normalized spacial score (nSPS) is 20.4. The number of rotatable bonds is 4. The topological polar surface area (TPSA) is 76.7 Å². The first-order chi connectivity index (χ1) is 13.1. The molecule has 0 aromatic heterocycles. The van der Waals surface area contributed by atoms with Crippen molar-refractivity contribution in [1.82, 2.24) is 5.32 Å². The Hall–Kier alpha value is -2.38. The molecule has 2 aromatic carbocycles. The van der Waals surface area contributed by atoms with Crippen LogP contribution in [0.2, 0.25) is 5.02 Å². The molecule has 0 spiro atoms. The van der Waals surface area contributed by atoms with Gasteiger partial charge in [0.05, 0.1) is 17.5 Å². The van der Waals surface area contributed by atoms with Crippen LogP contribution >= 0.6 is 23.4 Å². The summed E-state index contributed by atoms with van der Waals surface area (Å²) in [6.07, 6.45) is -0.178. The maximum atomic E-state index is 12.3. The van der Waals surface area contributed by atoms with Crippen LogP contribution in [0.4, 0.5) is 5.69 Å². The standard InChI is InChI=1S/C19H17ClN2O4S/c20-11-5-6-16-13(7-11)22-19(24)17(27-16)8-18(23)21-9-12-10-25-14-3-1-2-4-15(14)26-12/h1-7,12,17H,8-10H2,(H,21,23)(H,22,24)/t12-,17-/m0/s1. The first kappa shape index (κ1) is 18.0. The molecule has 0 aliphatic carbocycles. The molecule has 0 unspecified atom stereocenters. The van der Waals surface area contributed by atoms with Crippen LogP contribution in [0.5, 0.6) is 11.5 Å². The zero-order valence-electron chi connectivity index (χ0n) is 14.2. The SMILES string of the molecule is O=C(C[C@@H]1Sc2ccc(Cl)cc2NC1=O)NC[C@H]1COc2ccccc2O1. The largest absolute Gasteiger partial charge is 0.486 e. The average molecular weight is 405 g/mol. The van der Waals surface area contributed by atoms with Gasteiger partial charge in [-0.2, -0.15) is 0 Å². The van der Waals surface area contributed by atoms with Crippen molar-refractivity contribution < 1.29 is 19.1 Å². The molecule has 0 saturated carbocycles. The van der Waals surface area contributed by atoms with Crippen molar-refractivity contribution in [3.63, 3.8) is 0 Å². The maximum absolute atomic E-state index is 12.3. The van der Waals surface area contributed by atoms with Crippen LogP contribution in [0.25, 0.3) is 0 Å². The number of fused-ring (bicyclic) bond motifs is 2. The minimum absolute atomic E-state index is 0.0860. The van der Waals surface area contributed by atoms with Gasteiger partial charge in [0.25, 0.3) is 0 Å². The molecule has 2 heterocycles. The highest BCUT2D eigenvalue weighted by atomic mass is 35.5. The van der Waals surface area contributed by atoms with E-state index >= 15 is 0 Å². The third-order valence-corrected chi connectivity index (χ3v) is 5.74. The third kappa shape index (κ3) is 4.14. The third-order valence-electron chi connectivity index (χ3n) is 4.23. The lowest BCUT2D eigenvalue weighted by Gasteiger charge is -2.27. The van der Waals surface area contributed by atoms with Crippen molar-refractivity contribution in [2.75, 3.05) is 18.5 Å². The van der Waals surface area contributed by atoms with E-state index in [4.69, 9.17) is 21.1 Å². The highest BCUT2D eigenvalue weighted by Gasteiger charge is 2.29. The summed E-state index contributed by atoms with van der Waals surface area (Å²) in [6.45, 7) is 0.683. The van der Waals surface area contributed by atoms with E-state index in [1.807, 2.05) is 30.3 Å². The van der Waals surface area contributed by atoms with Gasteiger partial charge in [0, 0.05) is 16.3 Å². The average Bonchev–Trinajstić information content (AvgIpc) is 2.67. The van der Waals surface area contributed by atoms with Gasteiger partial charge in [-0.1, -0.05) is 23.7 Å². The molecule has 140 valence electrons. The van der Waals surface area contributed by atoms with Gasteiger partial charge in [-0.25, -0.2) is 0 Å².